The van der Waals surface area contributed by atoms with Gasteiger partial charge in [0.2, 0.25) is 0 Å². The van der Waals surface area contributed by atoms with Crippen LogP contribution in [0.5, 0.6) is 0 Å². The van der Waals surface area contributed by atoms with Crippen molar-refractivity contribution in [1.82, 2.24) is 0 Å². The number of benzene rings is 2. The van der Waals surface area contributed by atoms with E-state index in [9.17, 15) is 10.0 Å². The molecule has 0 fully saturated rings. The van der Waals surface area contributed by atoms with Crippen molar-refractivity contribution in [3.63, 3.8) is 0 Å². The molecule has 0 aliphatic heterocycles. The quantitative estimate of drug-likeness (QED) is 0.626. The zero-order valence-electron chi connectivity index (χ0n) is 13.5. The summed E-state index contributed by atoms with van der Waals surface area (Å²) in [6.07, 6.45) is 0. The lowest BCUT2D eigenvalue weighted by molar-refractivity contribution is 0.426. The Kier molecular flexibility index (Phi) is 0.849. The molecule has 0 heterocycles. The second-order valence-corrected chi connectivity index (χ2v) is 2.41. The highest BCUT2D eigenvalue weighted by atomic mass is 16.4. The van der Waals surface area contributed by atoms with E-state index < -0.39 is 54.9 Å². The molecule has 0 atom stereocenters. The predicted octanol–water partition coefficient (Wildman–Crippen LogP) is 0.520. The minimum atomic E-state index is -2.16. The van der Waals surface area contributed by atoms with Crippen LogP contribution in [-0.2, 0) is 0 Å². The largest absolute Gasteiger partial charge is 0.488 e. The van der Waals surface area contributed by atoms with Crippen molar-refractivity contribution in [2.45, 2.75) is 0 Å². The van der Waals surface area contributed by atoms with E-state index in [2.05, 4.69) is 0 Å². The molecule has 0 saturated heterocycles. The lowest BCUT2D eigenvalue weighted by atomic mass is 9.79. The molecule has 0 spiro atoms. The van der Waals surface area contributed by atoms with Crippen molar-refractivity contribution in [2.24, 2.45) is 0 Å². The summed E-state index contributed by atoms with van der Waals surface area (Å²) >= 11 is 0. The SMILES string of the molecule is [2H]c1c([2H])c([2H])c2c([2H])c(B(O)O)c([2H])c([2H])c2c1[2H]. The fraction of sp³-hybridized carbons (Fsp3) is 0. The van der Waals surface area contributed by atoms with Gasteiger partial charge >= 0.3 is 7.12 Å². The van der Waals surface area contributed by atoms with Gasteiger partial charge in [-0.15, -0.1) is 0 Å². The monoisotopic (exact) mass is 179 g/mol. The van der Waals surface area contributed by atoms with Crippen LogP contribution in [0.15, 0.2) is 42.3 Å². The molecule has 0 radical (unpaired) electrons. The number of fused-ring (bicyclic) bond motifs is 1. The minimum Gasteiger partial charge on any atom is -0.423 e. The summed E-state index contributed by atoms with van der Waals surface area (Å²) in [4.78, 5) is 0. The fourth-order valence-electron chi connectivity index (χ4n) is 0.925. The molecule has 2 rings (SSSR count). The maximum absolute atomic E-state index is 9.19. The molecule has 0 unspecified atom stereocenters. The van der Waals surface area contributed by atoms with Crippen molar-refractivity contribution in [1.29, 1.82) is 0 Å². The normalized spacial score (nSPS) is 17.8. The molecule has 0 aliphatic carbocycles. The molecule has 0 aliphatic rings. The Hall–Kier alpha value is -1.32. The van der Waals surface area contributed by atoms with E-state index in [4.69, 9.17) is 9.60 Å². The van der Waals surface area contributed by atoms with Gasteiger partial charge in [0, 0.05) is 0 Å². The standard InChI is InChI=1S/C10H9BO2/c12-11(13)10-6-5-8-3-1-2-4-9(8)7-10/h1-7,12-13H/i1D,2D,3D,4D,5D,6D,7D. The summed E-state index contributed by atoms with van der Waals surface area (Å²) in [6.45, 7) is 0. The van der Waals surface area contributed by atoms with E-state index in [1.54, 1.807) is 0 Å². The lowest BCUT2D eigenvalue weighted by Gasteiger charge is -2.01. The van der Waals surface area contributed by atoms with Crippen molar-refractivity contribution in [2.75, 3.05) is 0 Å². The molecule has 2 nitrogen and oxygen atoms in total. The number of hydrogen-bond acceptors (Lipinski definition) is 2. The van der Waals surface area contributed by atoms with Crippen LogP contribution in [0, 0.1) is 0 Å². The Morgan fingerprint density at radius 3 is 2.38 bits per heavy atom. The highest BCUT2D eigenvalue weighted by Crippen LogP contribution is 2.10. The van der Waals surface area contributed by atoms with Gasteiger partial charge in [0.1, 0.15) is 0 Å². The third-order valence-electron chi connectivity index (χ3n) is 1.53. The maximum atomic E-state index is 9.19. The van der Waals surface area contributed by atoms with E-state index in [0.29, 0.717) is 0 Å². The Balaban J connectivity index is 3.17. The first-order valence-corrected chi connectivity index (χ1v) is 3.56. The average molecular weight is 179 g/mol. The molecule has 0 saturated carbocycles. The van der Waals surface area contributed by atoms with Gasteiger partial charge in [-0.05, 0) is 16.2 Å². The van der Waals surface area contributed by atoms with Crippen LogP contribution in [0.4, 0.5) is 0 Å². The average Bonchev–Trinajstić information content (AvgIpc) is 2.37. The van der Waals surface area contributed by atoms with Gasteiger partial charge in [0.25, 0.3) is 0 Å². The molecule has 0 aromatic heterocycles. The second-order valence-electron chi connectivity index (χ2n) is 2.41. The molecular formula is C10H9BO2. The highest BCUT2D eigenvalue weighted by Gasteiger charge is 2.09. The Morgan fingerprint density at radius 2 is 1.69 bits per heavy atom. The van der Waals surface area contributed by atoms with Crippen LogP contribution in [-0.4, -0.2) is 17.2 Å². The summed E-state index contributed by atoms with van der Waals surface area (Å²) in [6, 6.07) is -3.98. The topological polar surface area (TPSA) is 40.5 Å². The van der Waals surface area contributed by atoms with Crippen molar-refractivity contribution in [3.05, 3.63) is 42.3 Å². The number of hydrogen-bond donors (Lipinski definition) is 2. The third-order valence-corrected chi connectivity index (χ3v) is 1.53. The molecule has 0 amide bonds. The van der Waals surface area contributed by atoms with Gasteiger partial charge in [-0.25, -0.2) is 0 Å². The van der Waals surface area contributed by atoms with Crippen LogP contribution in [0.3, 0.4) is 0 Å². The zero-order valence-corrected chi connectivity index (χ0v) is 6.47. The zero-order chi connectivity index (χ0) is 15.4. The van der Waals surface area contributed by atoms with Crippen LogP contribution in [0.25, 0.3) is 10.8 Å². The van der Waals surface area contributed by atoms with E-state index in [1.807, 2.05) is 0 Å². The van der Waals surface area contributed by atoms with Gasteiger partial charge in [-0.1, -0.05) is 42.3 Å². The molecule has 13 heavy (non-hydrogen) atoms. The summed E-state index contributed by atoms with van der Waals surface area (Å²) in [5.41, 5.74) is -0.549. The van der Waals surface area contributed by atoms with Crippen molar-refractivity contribution < 1.29 is 19.6 Å². The number of rotatable bonds is 1. The summed E-state index contributed by atoms with van der Waals surface area (Å²) < 4.78 is 53.9. The van der Waals surface area contributed by atoms with Gasteiger partial charge in [-0.2, -0.15) is 0 Å². The fourth-order valence-corrected chi connectivity index (χ4v) is 0.925. The first-order chi connectivity index (χ1) is 9.20. The highest BCUT2D eigenvalue weighted by molar-refractivity contribution is 6.58. The van der Waals surface area contributed by atoms with Crippen LogP contribution >= 0.6 is 0 Å². The second kappa shape index (κ2) is 3.20. The molecule has 2 aromatic carbocycles. The minimum absolute atomic E-state index is 0.268. The van der Waals surface area contributed by atoms with Crippen molar-refractivity contribution >= 4 is 23.4 Å². The Labute approximate surface area is 86.4 Å². The van der Waals surface area contributed by atoms with E-state index in [-0.39, 0.29) is 10.8 Å². The van der Waals surface area contributed by atoms with E-state index in [1.165, 1.54) is 0 Å². The molecule has 2 aromatic rings. The first kappa shape index (κ1) is 3.44. The van der Waals surface area contributed by atoms with Gasteiger partial charge in [0.05, 0.1) is 9.60 Å². The van der Waals surface area contributed by atoms with Gasteiger partial charge < -0.3 is 10.0 Å². The van der Waals surface area contributed by atoms with Crippen LogP contribution in [0.2, 0.25) is 0 Å². The Bertz CT molecular complexity index is 732. The predicted molar refractivity (Wildman–Crippen MR) is 53.8 cm³/mol. The summed E-state index contributed by atoms with van der Waals surface area (Å²) in [5.74, 6) is 0. The van der Waals surface area contributed by atoms with Crippen LogP contribution < -0.4 is 5.46 Å². The lowest BCUT2D eigenvalue weighted by Crippen LogP contribution is -2.29. The smallest absolute Gasteiger partial charge is 0.423 e. The molecule has 2 N–H and O–H groups in total. The molecule has 0 bridgehead atoms. The van der Waals surface area contributed by atoms with Crippen molar-refractivity contribution in [3.8, 4) is 0 Å². The summed E-state index contributed by atoms with van der Waals surface area (Å²) in [7, 11) is -2.16. The van der Waals surface area contributed by atoms with Gasteiger partial charge in [-0.3, -0.25) is 0 Å². The molecule has 3 heteroatoms. The Morgan fingerprint density at radius 1 is 1.00 bits per heavy atom. The summed E-state index contributed by atoms with van der Waals surface area (Å²) in [5, 5.41) is 17.8. The van der Waals surface area contributed by atoms with E-state index >= 15 is 0 Å². The van der Waals surface area contributed by atoms with Crippen LogP contribution in [0.1, 0.15) is 9.60 Å². The maximum Gasteiger partial charge on any atom is 0.488 e. The molecular weight excluding hydrogens is 163 g/mol. The first-order valence-electron chi connectivity index (χ1n) is 7.06. The third kappa shape index (κ3) is 1.57. The molecule has 64 valence electrons. The van der Waals surface area contributed by atoms with Gasteiger partial charge in [0.15, 0.2) is 0 Å². The van der Waals surface area contributed by atoms with E-state index in [0.717, 1.165) is 0 Å².